The molecular weight excluding hydrogens is 320 g/mol. The fourth-order valence-electron chi connectivity index (χ4n) is 2.03. The van der Waals surface area contributed by atoms with Gasteiger partial charge < -0.3 is 9.15 Å². The van der Waals surface area contributed by atoms with Gasteiger partial charge in [0.2, 0.25) is 5.78 Å². The summed E-state index contributed by atoms with van der Waals surface area (Å²) in [5.74, 6) is 0.817. The van der Waals surface area contributed by atoms with Crippen LogP contribution in [0.3, 0.4) is 0 Å². The smallest absolute Gasteiger partial charge is 0.228 e. The van der Waals surface area contributed by atoms with E-state index in [0.717, 1.165) is 9.86 Å². The molecule has 0 spiro atoms. The highest BCUT2D eigenvalue weighted by Crippen LogP contribution is 2.25. The Bertz CT molecular complexity index is 789. The van der Waals surface area contributed by atoms with Crippen LogP contribution < -0.4 is 4.74 Å². The van der Waals surface area contributed by atoms with Gasteiger partial charge in [0, 0.05) is 15.4 Å². The number of hydrogen-bond donors (Lipinski definition) is 0. The van der Waals surface area contributed by atoms with E-state index in [1.165, 1.54) is 0 Å². The van der Waals surface area contributed by atoms with Crippen molar-refractivity contribution in [3.05, 3.63) is 64.3 Å². The van der Waals surface area contributed by atoms with E-state index >= 15 is 0 Å². The van der Waals surface area contributed by atoms with Gasteiger partial charge in [-0.3, -0.25) is 4.79 Å². The number of rotatable bonds is 3. The van der Waals surface area contributed by atoms with Gasteiger partial charge in [0.05, 0.1) is 7.11 Å². The van der Waals surface area contributed by atoms with Gasteiger partial charge in [-0.25, -0.2) is 0 Å². The predicted molar refractivity (Wildman–Crippen MR) is 80.3 cm³/mol. The van der Waals surface area contributed by atoms with Gasteiger partial charge in [-0.2, -0.15) is 0 Å². The van der Waals surface area contributed by atoms with Crippen LogP contribution in [0, 0.1) is 0 Å². The van der Waals surface area contributed by atoms with Crippen molar-refractivity contribution in [2.45, 2.75) is 0 Å². The maximum atomic E-state index is 12.4. The molecule has 0 radical (unpaired) electrons. The number of ketones is 1. The minimum Gasteiger partial charge on any atom is -0.497 e. The van der Waals surface area contributed by atoms with Gasteiger partial charge in [0.25, 0.3) is 0 Å². The minimum absolute atomic E-state index is 0.156. The summed E-state index contributed by atoms with van der Waals surface area (Å²) in [5.41, 5.74) is 1.24. The number of ether oxygens (including phenoxy) is 1. The standard InChI is InChI=1S/C16H11BrO3/c1-19-13-4-2-3-10(8-13)16(18)15-9-11-7-12(17)5-6-14(11)20-15/h2-9H,1H3. The molecule has 0 amide bonds. The fraction of sp³-hybridized carbons (Fsp3) is 0.0625. The molecule has 3 nitrogen and oxygen atoms in total. The first kappa shape index (κ1) is 12.9. The number of carbonyl (C=O) groups excluding carboxylic acids is 1. The van der Waals surface area contributed by atoms with E-state index in [1.54, 1.807) is 37.4 Å². The number of benzene rings is 2. The number of furan rings is 1. The lowest BCUT2D eigenvalue weighted by atomic mass is 10.1. The third kappa shape index (κ3) is 2.34. The summed E-state index contributed by atoms with van der Waals surface area (Å²) in [5, 5.41) is 0.894. The zero-order chi connectivity index (χ0) is 14.1. The zero-order valence-corrected chi connectivity index (χ0v) is 12.3. The number of hydrogen-bond acceptors (Lipinski definition) is 3. The highest BCUT2D eigenvalue weighted by molar-refractivity contribution is 9.10. The maximum Gasteiger partial charge on any atom is 0.228 e. The molecule has 20 heavy (non-hydrogen) atoms. The molecule has 0 bridgehead atoms. The summed E-state index contributed by atoms with van der Waals surface area (Å²) in [7, 11) is 1.57. The molecule has 0 fully saturated rings. The summed E-state index contributed by atoms with van der Waals surface area (Å²) in [4.78, 5) is 12.4. The Hall–Kier alpha value is -2.07. The molecule has 0 aliphatic carbocycles. The molecule has 0 unspecified atom stereocenters. The zero-order valence-electron chi connectivity index (χ0n) is 10.7. The lowest BCUT2D eigenvalue weighted by Gasteiger charge is -2.01. The Labute approximate surface area is 124 Å². The van der Waals surface area contributed by atoms with Gasteiger partial charge in [-0.05, 0) is 36.4 Å². The predicted octanol–water partition coefficient (Wildman–Crippen LogP) is 4.43. The second-order valence-corrected chi connectivity index (χ2v) is 5.27. The van der Waals surface area contributed by atoms with Crippen molar-refractivity contribution in [2.75, 3.05) is 7.11 Å². The number of halogens is 1. The molecule has 3 aromatic rings. The third-order valence-electron chi connectivity index (χ3n) is 3.03. The minimum atomic E-state index is -0.156. The van der Waals surface area contributed by atoms with E-state index in [1.807, 2.05) is 18.2 Å². The second-order valence-electron chi connectivity index (χ2n) is 4.35. The summed E-state index contributed by atoms with van der Waals surface area (Å²) in [6.07, 6.45) is 0. The first-order valence-electron chi connectivity index (χ1n) is 6.05. The molecule has 4 heteroatoms. The monoisotopic (exact) mass is 330 g/mol. The van der Waals surface area contributed by atoms with Crippen molar-refractivity contribution >= 4 is 32.7 Å². The van der Waals surface area contributed by atoms with Crippen molar-refractivity contribution in [2.24, 2.45) is 0 Å². The van der Waals surface area contributed by atoms with E-state index in [4.69, 9.17) is 9.15 Å². The Morgan fingerprint density at radius 1 is 1.15 bits per heavy atom. The topological polar surface area (TPSA) is 39.4 Å². The van der Waals surface area contributed by atoms with Crippen LogP contribution in [0.15, 0.2) is 57.4 Å². The van der Waals surface area contributed by atoms with Crippen LogP contribution in [-0.4, -0.2) is 12.9 Å². The molecular formula is C16H11BrO3. The van der Waals surface area contributed by atoms with E-state index in [2.05, 4.69) is 15.9 Å². The molecule has 1 aromatic heterocycles. The normalized spacial score (nSPS) is 10.7. The Kier molecular flexibility index (Phi) is 3.32. The molecule has 0 saturated heterocycles. The highest BCUT2D eigenvalue weighted by atomic mass is 79.9. The Morgan fingerprint density at radius 3 is 2.80 bits per heavy atom. The SMILES string of the molecule is COc1cccc(C(=O)c2cc3cc(Br)ccc3o2)c1. The van der Waals surface area contributed by atoms with Crippen molar-refractivity contribution in [3.63, 3.8) is 0 Å². The molecule has 3 rings (SSSR count). The van der Waals surface area contributed by atoms with Crippen LogP contribution >= 0.6 is 15.9 Å². The Balaban J connectivity index is 2.03. The van der Waals surface area contributed by atoms with Crippen molar-refractivity contribution in [1.82, 2.24) is 0 Å². The average molecular weight is 331 g/mol. The largest absolute Gasteiger partial charge is 0.497 e. The van der Waals surface area contributed by atoms with E-state index in [9.17, 15) is 4.79 Å². The quantitative estimate of drug-likeness (QED) is 0.666. The van der Waals surface area contributed by atoms with Crippen molar-refractivity contribution in [3.8, 4) is 5.75 Å². The van der Waals surface area contributed by atoms with Crippen LogP contribution in [0.4, 0.5) is 0 Å². The average Bonchev–Trinajstić information content (AvgIpc) is 2.89. The molecule has 0 N–H and O–H groups in total. The van der Waals surface area contributed by atoms with Crippen molar-refractivity contribution < 1.29 is 13.9 Å². The van der Waals surface area contributed by atoms with E-state index in [0.29, 0.717) is 22.7 Å². The highest BCUT2D eigenvalue weighted by Gasteiger charge is 2.15. The molecule has 0 atom stereocenters. The van der Waals surface area contributed by atoms with E-state index in [-0.39, 0.29) is 5.78 Å². The molecule has 0 aliphatic heterocycles. The van der Waals surface area contributed by atoms with Crippen LogP contribution in [-0.2, 0) is 0 Å². The van der Waals surface area contributed by atoms with Crippen LogP contribution in [0.2, 0.25) is 0 Å². The summed E-state index contributed by atoms with van der Waals surface area (Å²) < 4.78 is 11.7. The van der Waals surface area contributed by atoms with Gasteiger partial charge in [-0.15, -0.1) is 0 Å². The second kappa shape index (κ2) is 5.13. The van der Waals surface area contributed by atoms with Gasteiger partial charge >= 0.3 is 0 Å². The van der Waals surface area contributed by atoms with Crippen LogP contribution in [0.1, 0.15) is 16.1 Å². The fourth-order valence-corrected chi connectivity index (χ4v) is 2.41. The first-order valence-corrected chi connectivity index (χ1v) is 6.84. The first-order chi connectivity index (χ1) is 9.67. The van der Waals surface area contributed by atoms with Crippen LogP contribution in [0.5, 0.6) is 5.75 Å². The Morgan fingerprint density at radius 2 is 2.00 bits per heavy atom. The third-order valence-corrected chi connectivity index (χ3v) is 3.53. The van der Waals surface area contributed by atoms with Crippen LogP contribution in [0.25, 0.3) is 11.0 Å². The molecule has 2 aromatic carbocycles. The number of fused-ring (bicyclic) bond motifs is 1. The van der Waals surface area contributed by atoms with Crippen molar-refractivity contribution in [1.29, 1.82) is 0 Å². The molecule has 1 heterocycles. The summed E-state index contributed by atoms with van der Waals surface area (Å²) >= 11 is 3.40. The molecule has 100 valence electrons. The maximum absolute atomic E-state index is 12.4. The van der Waals surface area contributed by atoms with Gasteiger partial charge in [0.15, 0.2) is 5.76 Å². The summed E-state index contributed by atoms with van der Waals surface area (Å²) in [6.45, 7) is 0. The van der Waals surface area contributed by atoms with Gasteiger partial charge in [0.1, 0.15) is 11.3 Å². The lowest BCUT2D eigenvalue weighted by molar-refractivity contribution is 0.101. The number of methoxy groups -OCH3 is 1. The molecule has 0 aliphatic rings. The number of carbonyl (C=O) groups is 1. The lowest BCUT2D eigenvalue weighted by Crippen LogP contribution is -1.99. The van der Waals surface area contributed by atoms with E-state index < -0.39 is 0 Å². The molecule has 0 saturated carbocycles. The van der Waals surface area contributed by atoms with Gasteiger partial charge in [-0.1, -0.05) is 28.1 Å². The summed E-state index contributed by atoms with van der Waals surface area (Å²) in [6, 6.07) is 14.4.